The molecule has 3 N–H and O–H groups in total. The first kappa shape index (κ1) is 11.4. The zero-order valence-electron chi connectivity index (χ0n) is 4.37. The van der Waals surface area contributed by atoms with Crippen LogP contribution in [0, 0.1) is 0 Å². The van der Waals surface area contributed by atoms with Crippen molar-refractivity contribution in [3.8, 4) is 0 Å². The van der Waals surface area contributed by atoms with Crippen LogP contribution in [0.5, 0.6) is 0 Å². The summed E-state index contributed by atoms with van der Waals surface area (Å²) in [7, 11) is 0. The number of rotatable bonds is 2. The first-order chi connectivity index (χ1) is 3.18. The van der Waals surface area contributed by atoms with Crippen molar-refractivity contribution in [2.45, 2.75) is 6.04 Å². The molecule has 0 amide bonds. The van der Waals surface area contributed by atoms with Gasteiger partial charge in [0.15, 0.2) is 0 Å². The van der Waals surface area contributed by atoms with E-state index in [1.54, 1.807) is 0 Å². The van der Waals surface area contributed by atoms with E-state index in [0.29, 0.717) is 0 Å². The summed E-state index contributed by atoms with van der Waals surface area (Å²) in [4.78, 5) is 9.95. The summed E-state index contributed by atoms with van der Waals surface area (Å²) in [5.74, 6) is 0. The summed E-state index contributed by atoms with van der Waals surface area (Å²) in [5.41, 5.74) is 4.94. The maximum absolute atomic E-state index is 9.95. The van der Waals surface area contributed by atoms with Crippen LogP contribution in [-0.4, -0.2) is 22.9 Å². The summed E-state index contributed by atoms with van der Waals surface area (Å²) in [6.07, 6.45) is 0. The Morgan fingerprint density at radius 1 is 1.88 bits per heavy atom. The predicted octanol–water partition coefficient (Wildman–Crippen LogP) is -1.24. The molecule has 8 heavy (non-hydrogen) atoms. The summed E-state index contributed by atoms with van der Waals surface area (Å²) in [6, 6.07) is -0.816. The monoisotopic (exact) mass is 185 g/mol. The number of carbonyl (C=O) groups excluding carboxylic acids is 1. The van der Waals surface area contributed by atoms with E-state index in [1.807, 2.05) is 0 Å². The van der Waals surface area contributed by atoms with Gasteiger partial charge in [-0.25, -0.2) is 0 Å². The van der Waals surface area contributed by atoms with E-state index < -0.39 is 11.2 Å². The van der Waals surface area contributed by atoms with Gasteiger partial charge in [-0.3, -0.25) is 4.79 Å². The van der Waals surface area contributed by atoms with Crippen molar-refractivity contribution in [1.29, 1.82) is 0 Å². The van der Waals surface area contributed by atoms with Crippen LogP contribution in [0.2, 0.25) is 0 Å². The van der Waals surface area contributed by atoms with Gasteiger partial charge in [-0.2, -0.15) is 0 Å². The zero-order valence-corrected chi connectivity index (χ0v) is 8.23. The number of hydrogen-bond donors (Lipinski definition) is 3. The number of aliphatic hydroxyl groups excluding tert-OH is 1. The normalized spacial score (nSPS) is 11.9. The third-order valence-electron chi connectivity index (χ3n) is 0.514. The summed E-state index contributed by atoms with van der Waals surface area (Å²) < 4.78 is 0. The van der Waals surface area contributed by atoms with E-state index in [9.17, 15) is 4.79 Å². The minimum absolute atomic E-state index is 0. The fraction of sp³-hybridized carbons (Fsp3) is 0.667. The van der Waals surface area contributed by atoms with Crippen LogP contribution in [0.15, 0.2) is 0 Å². The van der Waals surface area contributed by atoms with Crippen LogP contribution in [0.25, 0.3) is 0 Å². The number of nitrogens with two attached hydrogens (primary N) is 1. The van der Waals surface area contributed by atoms with Crippen molar-refractivity contribution in [2.75, 3.05) is 6.61 Å². The molecule has 0 saturated carbocycles. The minimum Gasteiger partial charge on any atom is -0.394 e. The zero-order chi connectivity index (χ0) is 5.86. The average Bonchev–Trinajstić information content (AvgIpc) is 1.65. The standard InChI is InChI=1S/C3H7NO2S.Zn/c4-2(1-5)3(6)7;/h2,5H,1,4H2,(H,6,7);/t2-;/m0./s1. The van der Waals surface area contributed by atoms with Crippen molar-refractivity contribution in [1.82, 2.24) is 0 Å². The molecule has 0 aromatic heterocycles. The molecule has 0 aliphatic rings. The van der Waals surface area contributed by atoms with Gasteiger partial charge in [0, 0.05) is 19.5 Å². The van der Waals surface area contributed by atoms with Gasteiger partial charge in [-0.05, 0) is 0 Å². The van der Waals surface area contributed by atoms with Gasteiger partial charge in [0.2, 0.25) is 5.12 Å². The van der Waals surface area contributed by atoms with Gasteiger partial charge in [0.25, 0.3) is 0 Å². The Morgan fingerprint density at radius 2 is 2.25 bits per heavy atom. The topological polar surface area (TPSA) is 63.3 Å². The molecule has 0 spiro atoms. The molecule has 0 heterocycles. The maximum atomic E-state index is 9.95. The van der Waals surface area contributed by atoms with E-state index in [2.05, 4.69) is 12.6 Å². The molecule has 1 atom stereocenters. The Labute approximate surface area is 65.8 Å². The number of carbonyl (C=O) groups is 1. The summed E-state index contributed by atoms with van der Waals surface area (Å²) in [6.45, 7) is -0.331. The third-order valence-corrected chi connectivity index (χ3v) is 0.846. The molecule has 0 saturated heterocycles. The van der Waals surface area contributed by atoms with E-state index in [0.717, 1.165) is 0 Å². The van der Waals surface area contributed by atoms with Gasteiger partial charge in [0.05, 0.1) is 12.6 Å². The molecule has 0 aromatic rings. The van der Waals surface area contributed by atoms with Crippen molar-refractivity contribution in [2.24, 2.45) is 5.73 Å². The number of hydrogen-bond acceptors (Lipinski definition) is 3. The Balaban J connectivity index is 0. The molecule has 5 heteroatoms. The molecule has 0 rings (SSSR count). The Hall–Kier alpha value is 0.563. The molecule has 0 unspecified atom stereocenters. The van der Waals surface area contributed by atoms with E-state index in [-0.39, 0.29) is 26.1 Å². The van der Waals surface area contributed by atoms with Crippen molar-refractivity contribution in [3.63, 3.8) is 0 Å². The van der Waals surface area contributed by atoms with E-state index in [4.69, 9.17) is 10.8 Å². The number of thiol groups is 1. The van der Waals surface area contributed by atoms with Crippen LogP contribution < -0.4 is 5.73 Å². The van der Waals surface area contributed by atoms with E-state index in [1.165, 1.54) is 0 Å². The molecule has 44 valence electrons. The smallest absolute Gasteiger partial charge is 0.204 e. The molecular weight excluding hydrogens is 179 g/mol. The molecule has 0 radical (unpaired) electrons. The maximum Gasteiger partial charge on any atom is 0.204 e. The van der Waals surface area contributed by atoms with Gasteiger partial charge in [-0.1, -0.05) is 0 Å². The Bertz CT molecular complexity index is 79.7. The largest absolute Gasteiger partial charge is 0.394 e. The van der Waals surface area contributed by atoms with Gasteiger partial charge in [-0.15, -0.1) is 12.6 Å². The minimum atomic E-state index is -0.816. The second-order valence-corrected chi connectivity index (χ2v) is 1.57. The second kappa shape index (κ2) is 5.70. The first-order valence-corrected chi connectivity index (χ1v) is 2.22. The molecular formula is C3H7NO2SZn. The first-order valence-electron chi connectivity index (χ1n) is 1.77. The Kier molecular flexibility index (Phi) is 8.10. The quantitative estimate of drug-likeness (QED) is 0.374. The molecule has 3 nitrogen and oxygen atoms in total. The van der Waals surface area contributed by atoms with Crippen LogP contribution in [-0.2, 0) is 24.3 Å². The second-order valence-electron chi connectivity index (χ2n) is 1.13. The van der Waals surface area contributed by atoms with Gasteiger partial charge >= 0.3 is 0 Å². The van der Waals surface area contributed by atoms with Crippen molar-refractivity contribution in [3.05, 3.63) is 0 Å². The SMILES string of the molecule is N[C@@H](CO)C(=O)S.[Zn]. The van der Waals surface area contributed by atoms with E-state index >= 15 is 0 Å². The fourth-order valence-corrected chi connectivity index (χ4v) is 0.160. The Morgan fingerprint density at radius 3 is 2.25 bits per heavy atom. The van der Waals surface area contributed by atoms with Crippen LogP contribution >= 0.6 is 12.6 Å². The van der Waals surface area contributed by atoms with Crippen LogP contribution in [0.4, 0.5) is 0 Å². The fourth-order valence-electron chi connectivity index (χ4n) is 0.0781. The van der Waals surface area contributed by atoms with Crippen LogP contribution in [0.3, 0.4) is 0 Å². The summed E-state index contributed by atoms with van der Waals surface area (Å²) in [5, 5.41) is 7.63. The van der Waals surface area contributed by atoms with Crippen LogP contribution in [0.1, 0.15) is 0 Å². The molecule has 0 bridgehead atoms. The van der Waals surface area contributed by atoms with Crippen molar-refractivity contribution < 1.29 is 29.4 Å². The summed E-state index contributed by atoms with van der Waals surface area (Å²) >= 11 is 3.35. The average molecular weight is 187 g/mol. The van der Waals surface area contributed by atoms with Crippen molar-refractivity contribution >= 4 is 17.7 Å². The molecule has 0 aliphatic heterocycles. The van der Waals surface area contributed by atoms with Gasteiger partial charge < -0.3 is 10.8 Å². The third kappa shape index (κ3) is 4.72. The molecule has 0 aliphatic carbocycles. The molecule has 0 aromatic carbocycles. The molecule has 0 fully saturated rings. The van der Waals surface area contributed by atoms with Gasteiger partial charge in [0.1, 0.15) is 0 Å². The predicted molar refractivity (Wildman–Crippen MR) is 29.1 cm³/mol. The number of aliphatic hydroxyl groups is 1.